The van der Waals surface area contributed by atoms with Crippen molar-refractivity contribution in [3.05, 3.63) is 77.5 Å². The molecule has 1 aliphatic carbocycles. The predicted molar refractivity (Wildman–Crippen MR) is 95.3 cm³/mol. The van der Waals surface area contributed by atoms with Crippen molar-refractivity contribution in [3.63, 3.8) is 0 Å². The quantitative estimate of drug-likeness (QED) is 0.607. The van der Waals surface area contributed by atoms with Crippen LogP contribution in [-0.2, 0) is 19.9 Å². The molecule has 1 heterocycles. The summed E-state index contributed by atoms with van der Waals surface area (Å²) in [6.07, 6.45) is 5.95. The first-order chi connectivity index (χ1) is 11.2. The molecule has 114 valence electrons. The van der Waals surface area contributed by atoms with Gasteiger partial charge in [-0.2, -0.15) is 0 Å². The molecule has 0 fully saturated rings. The van der Waals surface area contributed by atoms with Crippen LogP contribution in [0.2, 0.25) is 0 Å². The van der Waals surface area contributed by atoms with Gasteiger partial charge in [-0.1, -0.05) is 36.4 Å². The fourth-order valence-electron chi connectivity index (χ4n) is 3.63. The Morgan fingerprint density at radius 1 is 0.826 bits per heavy atom. The Kier molecular flexibility index (Phi) is 3.49. The van der Waals surface area contributed by atoms with Crippen molar-refractivity contribution in [2.45, 2.75) is 26.2 Å². The molecule has 0 bridgehead atoms. The van der Waals surface area contributed by atoms with Gasteiger partial charge < -0.3 is 0 Å². The topological polar surface area (TPSA) is 3.88 Å². The van der Waals surface area contributed by atoms with Crippen molar-refractivity contribution < 1.29 is 4.57 Å². The van der Waals surface area contributed by atoms with Crippen molar-refractivity contribution in [3.8, 4) is 22.4 Å². The molecule has 4 rings (SSSR count). The average molecular weight is 300 g/mol. The van der Waals surface area contributed by atoms with Crippen molar-refractivity contribution in [2.24, 2.45) is 7.05 Å². The Morgan fingerprint density at radius 3 is 2.48 bits per heavy atom. The summed E-state index contributed by atoms with van der Waals surface area (Å²) < 4.78 is 2.21. The van der Waals surface area contributed by atoms with Crippen molar-refractivity contribution in [1.29, 1.82) is 0 Å². The maximum Gasteiger partial charge on any atom is 0.213 e. The molecular weight excluding hydrogens is 278 g/mol. The zero-order valence-corrected chi connectivity index (χ0v) is 13.8. The third kappa shape index (κ3) is 2.57. The second-order valence-electron chi connectivity index (χ2n) is 6.56. The highest BCUT2D eigenvalue weighted by Crippen LogP contribution is 2.30. The molecule has 0 atom stereocenters. The van der Waals surface area contributed by atoms with Crippen LogP contribution >= 0.6 is 0 Å². The number of hydrogen-bond acceptors (Lipinski definition) is 0. The Labute approximate surface area is 138 Å². The predicted octanol–water partition coefficient (Wildman–Crippen LogP) is 4.64. The minimum atomic E-state index is 1.23. The van der Waals surface area contributed by atoms with Gasteiger partial charge in [0.1, 0.15) is 7.05 Å². The third-order valence-electron chi connectivity index (χ3n) is 5.00. The molecule has 0 amide bonds. The van der Waals surface area contributed by atoms with Crippen molar-refractivity contribution in [2.75, 3.05) is 0 Å². The zero-order chi connectivity index (χ0) is 15.8. The number of hydrogen-bond donors (Lipinski definition) is 0. The number of fused-ring (bicyclic) bond motifs is 1. The van der Waals surface area contributed by atoms with Gasteiger partial charge in [0.25, 0.3) is 0 Å². The minimum absolute atomic E-state index is 1.23. The van der Waals surface area contributed by atoms with E-state index in [1.807, 2.05) is 0 Å². The Bertz CT molecular complexity index is 877. The van der Waals surface area contributed by atoms with E-state index in [-0.39, 0.29) is 0 Å². The first kappa shape index (κ1) is 14.2. The SMILES string of the molecule is Cc1ccccc1-c1cc(-c2ccc3c(c2)CCC3)cc[n+]1C. The highest BCUT2D eigenvalue weighted by atomic mass is 14.9. The first-order valence-electron chi connectivity index (χ1n) is 8.40. The van der Waals surface area contributed by atoms with Gasteiger partial charge in [-0.05, 0) is 60.1 Å². The van der Waals surface area contributed by atoms with E-state index >= 15 is 0 Å². The van der Waals surface area contributed by atoms with Crippen LogP contribution in [0.3, 0.4) is 0 Å². The molecule has 3 aromatic rings. The number of rotatable bonds is 2. The van der Waals surface area contributed by atoms with Gasteiger partial charge in [-0.3, -0.25) is 0 Å². The molecule has 1 aromatic heterocycles. The molecule has 0 saturated heterocycles. The van der Waals surface area contributed by atoms with E-state index in [0.717, 1.165) is 0 Å². The number of aromatic nitrogens is 1. The van der Waals surface area contributed by atoms with Crippen LogP contribution in [0.5, 0.6) is 0 Å². The highest BCUT2D eigenvalue weighted by Gasteiger charge is 2.15. The van der Waals surface area contributed by atoms with E-state index in [2.05, 4.69) is 79.3 Å². The lowest BCUT2D eigenvalue weighted by molar-refractivity contribution is -0.660. The summed E-state index contributed by atoms with van der Waals surface area (Å²) in [5.41, 5.74) is 9.59. The molecule has 1 nitrogen and oxygen atoms in total. The van der Waals surface area contributed by atoms with Crippen LogP contribution in [0, 0.1) is 6.92 Å². The molecular formula is C22H22N+. The summed E-state index contributed by atoms with van der Waals surface area (Å²) in [6, 6.07) is 20.1. The molecule has 1 aliphatic rings. The minimum Gasteiger partial charge on any atom is -0.201 e. The maximum atomic E-state index is 2.39. The van der Waals surface area contributed by atoms with Gasteiger partial charge in [0.15, 0.2) is 6.20 Å². The fraction of sp³-hybridized carbons (Fsp3) is 0.227. The fourth-order valence-corrected chi connectivity index (χ4v) is 3.63. The standard InChI is InChI=1S/C22H22N/c1-16-6-3-4-9-21(16)22-15-20(12-13-23(22)2)19-11-10-17-7-5-8-18(17)14-19/h3-4,6,9-15H,5,7-8H2,1-2H3/q+1. The summed E-state index contributed by atoms with van der Waals surface area (Å²) in [5.74, 6) is 0. The lowest BCUT2D eigenvalue weighted by atomic mass is 9.98. The second-order valence-corrected chi connectivity index (χ2v) is 6.56. The third-order valence-corrected chi connectivity index (χ3v) is 5.00. The summed E-state index contributed by atoms with van der Waals surface area (Å²) in [6.45, 7) is 2.18. The smallest absolute Gasteiger partial charge is 0.201 e. The monoisotopic (exact) mass is 300 g/mol. The van der Waals surface area contributed by atoms with Gasteiger partial charge in [0.05, 0.1) is 0 Å². The van der Waals surface area contributed by atoms with Gasteiger partial charge in [0, 0.05) is 17.7 Å². The summed E-state index contributed by atoms with van der Waals surface area (Å²) in [4.78, 5) is 0. The number of pyridine rings is 1. The van der Waals surface area contributed by atoms with Crippen LogP contribution in [0.4, 0.5) is 0 Å². The number of benzene rings is 2. The normalized spacial score (nSPS) is 13.1. The van der Waals surface area contributed by atoms with E-state index in [9.17, 15) is 0 Å². The lowest BCUT2D eigenvalue weighted by Crippen LogP contribution is -2.30. The summed E-state index contributed by atoms with van der Waals surface area (Å²) >= 11 is 0. The number of aryl methyl sites for hydroxylation is 4. The van der Waals surface area contributed by atoms with Crippen LogP contribution in [-0.4, -0.2) is 0 Å². The summed E-state index contributed by atoms with van der Waals surface area (Å²) in [5, 5.41) is 0. The van der Waals surface area contributed by atoms with Crippen LogP contribution < -0.4 is 4.57 Å². The van der Waals surface area contributed by atoms with E-state index in [1.165, 1.54) is 58.3 Å². The number of nitrogens with zero attached hydrogens (tertiary/aromatic N) is 1. The van der Waals surface area contributed by atoms with E-state index < -0.39 is 0 Å². The molecule has 0 unspecified atom stereocenters. The molecule has 0 aliphatic heterocycles. The Balaban J connectivity index is 1.82. The molecule has 2 aromatic carbocycles. The van der Waals surface area contributed by atoms with E-state index in [4.69, 9.17) is 0 Å². The van der Waals surface area contributed by atoms with Crippen molar-refractivity contribution in [1.82, 2.24) is 0 Å². The molecule has 0 saturated carbocycles. The largest absolute Gasteiger partial charge is 0.213 e. The average Bonchev–Trinajstić information content (AvgIpc) is 3.04. The molecule has 0 radical (unpaired) electrons. The second kappa shape index (κ2) is 5.66. The van der Waals surface area contributed by atoms with Crippen LogP contribution in [0.25, 0.3) is 22.4 Å². The molecule has 0 N–H and O–H groups in total. The molecule has 0 spiro atoms. The van der Waals surface area contributed by atoms with Gasteiger partial charge in [-0.25, -0.2) is 4.57 Å². The highest BCUT2D eigenvalue weighted by molar-refractivity contribution is 5.71. The van der Waals surface area contributed by atoms with Gasteiger partial charge >= 0.3 is 0 Å². The zero-order valence-electron chi connectivity index (χ0n) is 13.8. The van der Waals surface area contributed by atoms with Gasteiger partial charge in [-0.15, -0.1) is 0 Å². The summed E-state index contributed by atoms with van der Waals surface area (Å²) in [7, 11) is 2.12. The Morgan fingerprint density at radius 2 is 1.61 bits per heavy atom. The van der Waals surface area contributed by atoms with Crippen LogP contribution in [0.15, 0.2) is 60.8 Å². The lowest BCUT2D eigenvalue weighted by Gasteiger charge is -2.08. The molecule has 23 heavy (non-hydrogen) atoms. The van der Waals surface area contributed by atoms with Crippen LogP contribution in [0.1, 0.15) is 23.1 Å². The first-order valence-corrected chi connectivity index (χ1v) is 8.40. The van der Waals surface area contributed by atoms with E-state index in [1.54, 1.807) is 0 Å². The van der Waals surface area contributed by atoms with Gasteiger partial charge in [0.2, 0.25) is 5.69 Å². The maximum absolute atomic E-state index is 2.39. The van der Waals surface area contributed by atoms with E-state index in [0.29, 0.717) is 0 Å². The van der Waals surface area contributed by atoms with Crippen molar-refractivity contribution >= 4 is 0 Å². The Hall–Kier alpha value is -2.41. The molecule has 1 heteroatoms.